The number of hydrogen-bond acceptors (Lipinski definition) is 3. The van der Waals surface area contributed by atoms with Crippen LogP contribution in [0, 0.1) is 5.41 Å². The van der Waals surface area contributed by atoms with Gasteiger partial charge in [0.1, 0.15) is 5.75 Å². The van der Waals surface area contributed by atoms with E-state index in [9.17, 15) is 18.3 Å². The van der Waals surface area contributed by atoms with E-state index in [2.05, 4.69) is 10.1 Å². The van der Waals surface area contributed by atoms with Crippen molar-refractivity contribution in [2.24, 2.45) is 5.41 Å². The first-order valence-electron chi connectivity index (χ1n) is 6.42. The Labute approximate surface area is 116 Å². The zero-order valence-electron chi connectivity index (χ0n) is 11.6. The Hall–Kier alpha value is -1.43. The quantitative estimate of drug-likeness (QED) is 0.808. The first-order valence-corrected chi connectivity index (χ1v) is 6.42. The van der Waals surface area contributed by atoms with Gasteiger partial charge in [-0.05, 0) is 30.7 Å². The molecule has 1 unspecified atom stereocenters. The molecule has 0 aromatic heterocycles. The molecule has 1 aromatic carbocycles. The molecule has 0 aliphatic heterocycles. The lowest BCUT2D eigenvalue weighted by atomic mass is 9.88. The van der Waals surface area contributed by atoms with Crippen LogP contribution in [0.2, 0.25) is 0 Å². The van der Waals surface area contributed by atoms with Gasteiger partial charge in [-0.3, -0.25) is 0 Å². The summed E-state index contributed by atoms with van der Waals surface area (Å²) in [6, 6.07) is 6.27. The first-order chi connectivity index (χ1) is 9.28. The molecule has 0 spiro atoms. The van der Waals surface area contributed by atoms with Crippen molar-refractivity contribution >= 4 is 5.69 Å². The lowest BCUT2D eigenvalue weighted by Gasteiger charge is -2.26. The summed E-state index contributed by atoms with van der Waals surface area (Å²) in [5.74, 6) is 0.174. The lowest BCUT2D eigenvalue weighted by molar-refractivity contribution is -0.153. The van der Waals surface area contributed by atoms with Crippen LogP contribution in [0.5, 0.6) is 5.75 Å². The Kier molecular flexibility index (Phi) is 5.68. The fraction of sp³-hybridized carbons (Fsp3) is 0.571. The average molecular weight is 291 g/mol. The largest absolute Gasteiger partial charge is 0.484 e. The second-order valence-corrected chi connectivity index (χ2v) is 5.10. The average Bonchev–Trinajstić information content (AvgIpc) is 2.43. The molecule has 0 bridgehead atoms. The van der Waals surface area contributed by atoms with E-state index in [-0.39, 0.29) is 17.8 Å². The van der Waals surface area contributed by atoms with Crippen LogP contribution in [0.15, 0.2) is 24.3 Å². The number of rotatable bonds is 7. The summed E-state index contributed by atoms with van der Waals surface area (Å²) in [6.07, 6.45) is -3.51. The number of nitrogens with one attached hydrogen (secondary N) is 1. The second kappa shape index (κ2) is 6.83. The predicted molar refractivity (Wildman–Crippen MR) is 72.0 cm³/mol. The molecule has 1 atom stereocenters. The summed E-state index contributed by atoms with van der Waals surface area (Å²) < 4.78 is 40.6. The maximum Gasteiger partial charge on any atom is 0.422 e. The Morgan fingerprint density at radius 3 is 2.25 bits per heavy atom. The SMILES string of the molecule is CCC(C)(CO)CNc1ccc(OCC(F)(F)F)cc1. The Balaban J connectivity index is 2.50. The summed E-state index contributed by atoms with van der Waals surface area (Å²) in [7, 11) is 0. The number of benzene rings is 1. The standard InChI is InChI=1S/C14H20F3NO2/c1-3-13(2,9-19)8-18-11-4-6-12(7-5-11)20-10-14(15,16)17/h4-7,18-19H,3,8-10H2,1-2H3. The van der Waals surface area contributed by atoms with Gasteiger partial charge >= 0.3 is 6.18 Å². The number of alkyl halides is 3. The first kappa shape index (κ1) is 16.6. The zero-order valence-corrected chi connectivity index (χ0v) is 11.6. The van der Waals surface area contributed by atoms with E-state index in [0.717, 1.165) is 12.1 Å². The van der Waals surface area contributed by atoms with E-state index in [4.69, 9.17) is 0 Å². The second-order valence-electron chi connectivity index (χ2n) is 5.10. The van der Waals surface area contributed by atoms with E-state index in [0.29, 0.717) is 6.54 Å². The van der Waals surface area contributed by atoms with Crippen molar-refractivity contribution in [3.05, 3.63) is 24.3 Å². The van der Waals surface area contributed by atoms with Gasteiger partial charge in [0.25, 0.3) is 0 Å². The number of aliphatic hydroxyl groups excluding tert-OH is 1. The normalized spacial score (nSPS) is 14.7. The molecule has 114 valence electrons. The van der Waals surface area contributed by atoms with Gasteiger partial charge in [0, 0.05) is 17.6 Å². The van der Waals surface area contributed by atoms with Crippen molar-refractivity contribution in [2.45, 2.75) is 26.4 Å². The van der Waals surface area contributed by atoms with Gasteiger partial charge in [0.2, 0.25) is 0 Å². The Morgan fingerprint density at radius 2 is 1.80 bits per heavy atom. The third-order valence-electron chi connectivity index (χ3n) is 3.21. The van der Waals surface area contributed by atoms with Gasteiger partial charge in [-0.15, -0.1) is 0 Å². The number of anilines is 1. The monoisotopic (exact) mass is 291 g/mol. The topological polar surface area (TPSA) is 41.5 Å². The van der Waals surface area contributed by atoms with Crippen molar-refractivity contribution < 1.29 is 23.0 Å². The third-order valence-corrected chi connectivity index (χ3v) is 3.21. The Morgan fingerprint density at radius 1 is 1.20 bits per heavy atom. The minimum atomic E-state index is -4.33. The van der Waals surface area contributed by atoms with E-state index < -0.39 is 12.8 Å². The molecule has 0 amide bonds. The van der Waals surface area contributed by atoms with Crippen LogP contribution in [0.3, 0.4) is 0 Å². The molecule has 20 heavy (non-hydrogen) atoms. The fourth-order valence-corrected chi connectivity index (χ4v) is 1.44. The minimum Gasteiger partial charge on any atom is -0.484 e. The number of halogens is 3. The lowest BCUT2D eigenvalue weighted by Crippen LogP contribution is -2.29. The van der Waals surface area contributed by atoms with E-state index in [1.807, 2.05) is 13.8 Å². The molecular weight excluding hydrogens is 271 g/mol. The molecule has 0 heterocycles. The number of ether oxygens (including phenoxy) is 1. The van der Waals surface area contributed by atoms with Gasteiger partial charge in [-0.1, -0.05) is 13.8 Å². The van der Waals surface area contributed by atoms with Crippen LogP contribution >= 0.6 is 0 Å². The molecule has 0 aliphatic rings. The smallest absolute Gasteiger partial charge is 0.422 e. The fourth-order valence-electron chi connectivity index (χ4n) is 1.44. The van der Waals surface area contributed by atoms with E-state index in [1.165, 1.54) is 12.1 Å². The van der Waals surface area contributed by atoms with E-state index in [1.54, 1.807) is 12.1 Å². The molecule has 1 aromatic rings. The van der Waals surface area contributed by atoms with Crippen LogP contribution in [-0.4, -0.2) is 31.0 Å². The summed E-state index contributed by atoms with van der Waals surface area (Å²) in [5.41, 5.74) is 0.559. The molecule has 6 heteroatoms. The zero-order chi connectivity index (χ0) is 15.2. The summed E-state index contributed by atoms with van der Waals surface area (Å²) in [4.78, 5) is 0. The molecule has 3 nitrogen and oxygen atoms in total. The highest BCUT2D eigenvalue weighted by Crippen LogP contribution is 2.23. The van der Waals surface area contributed by atoms with Crippen LogP contribution in [0.4, 0.5) is 18.9 Å². The van der Waals surface area contributed by atoms with Crippen molar-refractivity contribution in [3.63, 3.8) is 0 Å². The van der Waals surface area contributed by atoms with Crippen LogP contribution in [-0.2, 0) is 0 Å². The van der Waals surface area contributed by atoms with Gasteiger partial charge in [-0.2, -0.15) is 13.2 Å². The molecule has 0 saturated carbocycles. The van der Waals surface area contributed by atoms with Crippen molar-refractivity contribution in [1.82, 2.24) is 0 Å². The summed E-state index contributed by atoms with van der Waals surface area (Å²) >= 11 is 0. The minimum absolute atomic E-state index is 0.0727. The van der Waals surface area contributed by atoms with Crippen LogP contribution < -0.4 is 10.1 Å². The van der Waals surface area contributed by atoms with Crippen LogP contribution in [0.1, 0.15) is 20.3 Å². The number of hydrogen-bond donors (Lipinski definition) is 2. The maximum absolute atomic E-state index is 12.0. The van der Waals surface area contributed by atoms with Gasteiger partial charge in [-0.25, -0.2) is 0 Å². The molecule has 0 saturated heterocycles. The highest BCUT2D eigenvalue weighted by molar-refractivity contribution is 5.46. The molecule has 1 rings (SSSR count). The molecule has 0 aliphatic carbocycles. The van der Waals surface area contributed by atoms with Crippen molar-refractivity contribution in [3.8, 4) is 5.75 Å². The highest BCUT2D eigenvalue weighted by Gasteiger charge is 2.28. The molecular formula is C14H20F3NO2. The van der Waals surface area contributed by atoms with Crippen molar-refractivity contribution in [1.29, 1.82) is 0 Å². The van der Waals surface area contributed by atoms with Crippen LogP contribution in [0.25, 0.3) is 0 Å². The number of aliphatic hydroxyl groups is 1. The van der Waals surface area contributed by atoms with E-state index >= 15 is 0 Å². The molecule has 2 N–H and O–H groups in total. The van der Waals surface area contributed by atoms with Gasteiger partial charge in [0.05, 0.1) is 6.61 Å². The molecule has 0 radical (unpaired) electrons. The van der Waals surface area contributed by atoms with Gasteiger partial charge in [0.15, 0.2) is 6.61 Å². The summed E-state index contributed by atoms with van der Waals surface area (Å²) in [5, 5.41) is 12.4. The van der Waals surface area contributed by atoms with Gasteiger partial charge < -0.3 is 15.2 Å². The highest BCUT2D eigenvalue weighted by atomic mass is 19.4. The third kappa shape index (κ3) is 5.69. The summed E-state index contributed by atoms with van der Waals surface area (Å²) in [6.45, 7) is 3.32. The maximum atomic E-state index is 12.0. The Bertz CT molecular complexity index is 400. The molecule has 0 fully saturated rings. The van der Waals surface area contributed by atoms with Crippen molar-refractivity contribution in [2.75, 3.05) is 25.1 Å². The predicted octanol–water partition coefficient (Wildman–Crippen LogP) is 3.45.